The molecule has 1 atom stereocenters. The van der Waals surface area contributed by atoms with Crippen molar-refractivity contribution in [3.8, 4) is 0 Å². The fraction of sp³-hybridized carbons (Fsp3) is 0.333. The Labute approximate surface area is 71.6 Å². The number of ketones is 1. The monoisotopic (exact) mass is 164 g/mol. The minimum atomic E-state index is -0.530. The average Bonchev–Trinajstić information content (AvgIpc) is 2.03. The van der Waals surface area contributed by atoms with E-state index in [4.69, 9.17) is 5.73 Å². The lowest BCUT2D eigenvalue weighted by molar-refractivity contribution is -0.118. The van der Waals surface area contributed by atoms with Crippen molar-refractivity contribution >= 4 is 5.78 Å². The Kier molecular flexibility index (Phi) is 2.55. The molecular formula is C9H12N2O. The van der Waals surface area contributed by atoms with Crippen LogP contribution in [-0.4, -0.2) is 10.8 Å². The van der Waals surface area contributed by atoms with Gasteiger partial charge in [-0.05, 0) is 25.0 Å². The number of nitrogens with zero attached hydrogens (tertiary/aromatic N) is 1. The summed E-state index contributed by atoms with van der Waals surface area (Å²) < 4.78 is 0. The lowest BCUT2D eigenvalue weighted by Crippen LogP contribution is -2.18. The zero-order valence-corrected chi connectivity index (χ0v) is 7.24. The van der Waals surface area contributed by atoms with Gasteiger partial charge in [-0.1, -0.05) is 6.07 Å². The van der Waals surface area contributed by atoms with Gasteiger partial charge in [0.25, 0.3) is 0 Å². The molecule has 0 aromatic carbocycles. The summed E-state index contributed by atoms with van der Waals surface area (Å²) in [6.45, 7) is 3.40. The van der Waals surface area contributed by atoms with Crippen molar-refractivity contribution in [3.63, 3.8) is 0 Å². The van der Waals surface area contributed by atoms with E-state index in [-0.39, 0.29) is 5.78 Å². The highest BCUT2D eigenvalue weighted by Crippen LogP contribution is 2.10. The van der Waals surface area contributed by atoms with Gasteiger partial charge < -0.3 is 5.73 Å². The first-order valence-corrected chi connectivity index (χ1v) is 3.79. The summed E-state index contributed by atoms with van der Waals surface area (Å²) in [5.74, 6) is -0.0394. The smallest absolute Gasteiger partial charge is 0.151 e. The van der Waals surface area contributed by atoms with Crippen LogP contribution in [0.5, 0.6) is 0 Å². The van der Waals surface area contributed by atoms with Crippen molar-refractivity contribution in [1.82, 2.24) is 4.98 Å². The van der Waals surface area contributed by atoms with Gasteiger partial charge in [0.05, 0.1) is 6.04 Å². The van der Waals surface area contributed by atoms with Gasteiger partial charge in [0.1, 0.15) is 0 Å². The molecule has 0 fully saturated rings. The number of aromatic nitrogens is 1. The number of carbonyl (C=O) groups is 1. The number of carbonyl (C=O) groups excluding carboxylic acids is 1. The molecule has 1 aromatic heterocycles. The second-order valence-electron chi connectivity index (χ2n) is 2.88. The van der Waals surface area contributed by atoms with Crippen LogP contribution >= 0.6 is 0 Å². The predicted molar refractivity (Wildman–Crippen MR) is 46.6 cm³/mol. The molecule has 0 aliphatic carbocycles. The zero-order valence-electron chi connectivity index (χ0n) is 7.24. The van der Waals surface area contributed by atoms with E-state index in [0.717, 1.165) is 11.1 Å². The maximum absolute atomic E-state index is 10.9. The highest BCUT2D eigenvalue weighted by Gasteiger charge is 2.10. The Bertz CT molecular complexity index is 296. The Hall–Kier alpha value is -1.22. The van der Waals surface area contributed by atoms with Crippen LogP contribution in [0.15, 0.2) is 18.5 Å². The fourth-order valence-corrected chi connectivity index (χ4v) is 0.983. The van der Waals surface area contributed by atoms with Crippen LogP contribution in [0.1, 0.15) is 24.1 Å². The second-order valence-corrected chi connectivity index (χ2v) is 2.88. The summed E-state index contributed by atoms with van der Waals surface area (Å²) in [7, 11) is 0. The third-order valence-electron chi connectivity index (χ3n) is 1.69. The van der Waals surface area contributed by atoms with Crippen molar-refractivity contribution in [2.75, 3.05) is 0 Å². The molecule has 0 saturated heterocycles. The first-order chi connectivity index (χ1) is 5.61. The second kappa shape index (κ2) is 3.45. The largest absolute Gasteiger partial charge is 0.318 e. The van der Waals surface area contributed by atoms with E-state index in [1.54, 1.807) is 12.4 Å². The molecule has 3 nitrogen and oxygen atoms in total. The lowest BCUT2D eigenvalue weighted by Gasteiger charge is -2.07. The van der Waals surface area contributed by atoms with Crippen LogP contribution in [0.25, 0.3) is 0 Å². The van der Waals surface area contributed by atoms with Crippen LogP contribution in [0.4, 0.5) is 0 Å². The summed E-state index contributed by atoms with van der Waals surface area (Å²) in [6, 6.07) is 1.34. The number of hydrogen-bond donors (Lipinski definition) is 1. The molecule has 0 saturated carbocycles. The summed E-state index contributed by atoms with van der Waals surface area (Å²) in [5.41, 5.74) is 7.42. The Morgan fingerprint density at radius 2 is 2.25 bits per heavy atom. The van der Waals surface area contributed by atoms with Crippen molar-refractivity contribution in [2.24, 2.45) is 5.73 Å². The third kappa shape index (κ3) is 1.89. The third-order valence-corrected chi connectivity index (χ3v) is 1.69. The van der Waals surface area contributed by atoms with Gasteiger partial charge in [-0.3, -0.25) is 9.78 Å². The van der Waals surface area contributed by atoms with Crippen LogP contribution in [0.2, 0.25) is 0 Å². The molecule has 1 heterocycles. The molecule has 1 aromatic rings. The Morgan fingerprint density at radius 3 is 2.75 bits per heavy atom. The van der Waals surface area contributed by atoms with Gasteiger partial charge in [0.15, 0.2) is 5.78 Å². The normalized spacial score (nSPS) is 12.6. The highest BCUT2D eigenvalue weighted by atomic mass is 16.1. The topological polar surface area (TPSA) is 56.0 Å². The van der Waals surface area contributed by atoms with E-state index < -0.39 is 6.04 Å². The first-order valence-electron chi connectivity index (χ1n) is 3.79. The molecule has 12 heavy (non-hydrogen) atoms. The first kappa shape index (κ1) is 8.87. The number of rotatable bonds is 2. The highest BCUT2D eigenvalue weighted by molar-refractivity contribution is 5.82. The molecule has 0 bridgehead atoms. The summed E-state index contributed by atoms with van der Waals surface area (Å²) in [6.07, 6.45) is 3.36. The number of hydrogen-bond acceptors (Lipinski definition) is 3. The fourth-order valence-electron chi connectivity index (χ4n) is 0.983. The summed E-state index contributed by atoms with van der Waals surface area (Å²) in [5, 5.41) is 0. The standard InChI is InChI=1S/C9H12N2O/c1-6-3-8(5-11-4-6)9(10)7(2)12/h3-5,9H,10H2,1-2H3. The minimum absolute atomic E-state index is 0.0394. The predicted octanol–water partition coefficient (Wildman–Crippen LogP) is 0.979. The van der Waals surface area contributed by atoms with E-state index in [1.165, 1.54) is 6.92 Å². The molecular weight excluding hydrogens is 152 g/mol. The zero-order chi connectivity index (χ0) is 9.14. The number of Topliss-reactive ketones (excluding diaryl/α,β-unsaturated/α-hetero) is 1. The average molecular weight is 164 g/mol. The van der Waals surface area contributed by atoms with Gasteiger partial charge in [-0.2, -0.15) is 0 Å². The van der Waals surface area contributed by atoms with Gasteiger partial charge in [-0.15, -0.1) is 0 Å². The molecule has 0 aliphatic rings. The van der Waals surface area contributed by atoms with E-state index >= 15 is 0 Å². The van der Waals surface area contributed by atoms with Gasteiger partial charge in [-0.25, -0.2) is 0 Å². The van der Waals surface area contributed by atoms with Crippen molar-refractivity contribution in [1.29, 1.82) is 0 Å². The van der Waals surface area contributed by atoms with Crippen LogP contribution in [-0.2, 0) is 4.79 Å². The maximum Gasteiger partial charge on any atom is 0.151 e. The van der Waals surface area contributed by atoms with Gasteiger partial charge in [0.2, 0.25) is 0 Å². The Balaban J connectivity index is 2.95. The van der Waals surface area contributed by atoms with Crippen LogP contribution in [0, 0.1) is 6.92 Å². The summed E-state index contributed by atoms with van der Waals surface area (Å²) in [4.78, 5) is 14.9. The van der Waals surface area contributed by atoms with Gasteiger partial charge >= 0.3 is 0 Å². The Morgan fingerprint density at radius 1 is 1.58 bits per heavy atom. The van der Waals surface area contributed by atoms with Crippen LogP contribution < -0.4 is 5.73 Å². The molecule has 64 valence electrons. The van der Waals surface area contributed by atoms with Crippen molar-refractivity contribution < 1.29 is 4.79 Å². The molecule has 0 amide bonds. The maximum atomic E-state index is 10.9. The van der Waals surface area contributed by atoms with E-state index in [2.05, 4.69) is 4.98 Å². The van der Waals surface area contributed by atoms with E-state index in [9.17, 15) is 4.79 Å². The number of aryl methyl sites for hydroxylation is 1. The molecule has 2 N–H and O–H groups in total. The number of nitrogens with two attached hydrogens (primary N) is 1. The van der Waals surface area contributed by atoms with Crippen LogP contribution in [0.3, 0.4) is 0 Å². The molecule has 1 unspecified atom stereocenters. The summed E-state index contributed by atoms with van der Waals surface area (Å²) >= 11 is 0. The van der Waals surface area contributed by atoms with E-state index in [1.807, 2.05) is 13.0 Å². The SMILES string of the molecule is CC(=O)C(N)c1cncc(C)c1. The molecule has 0 radical (unpaired) electrons. The molecule has 0 spiro atoms. The van der Waals surface area contributed by atoms with Crippen molar-refractivity contribution in [2.45, 2.75) is 19.9 Å². The number of pyridine rings is 1. The molecule has 0 aliphatic heterocycles. The quantitative estimate of drug-likeness (QED) is 0.708. The molecule has 3 heteroatoms. The molecule has 1 rings (SSSR count). The van der Waals surface area contributed by atoms with Crippen molar-refractivity contribution in [3.05, 3.63) is 29.6 Å². The van der Waals surface area contributed by atoms with Gasteiger partial charge in [0, 0.05) is 12.4 Å². The lowest BCUT2D eigenvalue weighted by atomic mass is 10.1. The minimum Gasteiger partial charge on any atom is -0.318 e. The van der Waals surface area contributed by atoms with E-state index in [0.29, 0.717) is 0 Å².